The normalized spacial score (nSPS) is 14.4. The highest BCUT2D eigenvalue weighted by atomic mass is 16.4. The molecular formula is C13H25NO3. The van der Waals surface area contributed by atoms with Crippen molar-refractivity contribution in [2.75, 3.05) is 0 Å². The lowest BCUT2D eigenvalue weighted by Gasteiger charge is -2.27. The number of carboxylic acids is 1. The summed E-state index contributed by atoms with van der Waals surface area (Å²) >= 11 is 0. The minimum atomic E-state index is -1.14. The minimum Gasteiger partial charge on any atom is -0.480 e. The third-order valence-corrected chi connectivity index (χ3v) is 3.22. The van der Waals surface area contributed by atoms with Gasteiger partial charge in [-0.1, -0.05) is 33.6 Å². The smallest absolute Gasteiger partial charge is 0.329 e. The molecule has 1 atom stereocenters. The SMILES string of the molecule is CCCC(CCC)C(=O)NC(C)(CC)C(=O)O. The Balaban J connectivity index is 4.62. The number of aliphatic carboxylic acids is 1. The van der Waals surface area contributed by atoms with Gasteiger partial charge in [-0.3, -0.25) is 4.79 Å². The molecule has 0 aliphatic rings. The van der Waals surface area contributed by atoms with E-state index in [4.69, 9.17) is 5.11 Å². The summed E-state index contributed by atoms with van der Waals surface area (Å²) in [5.41, 5.74) is -1.14. The molecule has 0 rings (SSSR count). The average molecular weight is 243 g/mol. The quantitative estimate of drug-likeness (QED) is 0.688. The third kappa shape index (κ3) is 4.75. The Labute approximate surface area is 104 Å². The van der Waals surface area contributed by atoms with E-state index in [0.717, 1.165) is 25.7 Å². The lowest BCUT2D eigenvalue weighted by Crippen LogP contribution is -2.53. The van der Waals surface area contributed by atoms with E-state index in [1.807, 2.05) is 13.8 Å². The molecule has 0 saturated heterocycles. The third-order valence-electron chi connectivity index (χ3n) is 3.22. The molecule has 4 nitrogen and oxygen atoms in total. The Morgan fingerprint density at radius 1 is 1.18 bits per heavy atom. The minimum absolute atomic E-state index is 0.0600. The maximum absolute atomic E-state index is 12.0. The largest absolute Gasteiger partial charge is 0.480 e. The van der Waals surface area contributed by atoms with Crippen LogP contribution >= 0.6 is 0 Å². The van der Waals surface area contributed by atoms with Crippen molar-refractivity contribution < 1.29 is 14.7 Å². The average Bonchev–Trinajstić information content (AvgIpc) is 2.28. The molecule has 0 spiro atoms. The number of nitrogens with one attached hydrogen (secondary N) is 1. The second-order valence-corrected chi connectivity index (χ2v) is 4.75. The fourth-order valence-electron chi connectivity index (χ4n) is 1.77. The maximum atomic E-state index is 12.0. The van der Waals surface area contributed by atoms with E-state index < -0.39 is 11.5 Å². The zero-order chi connectivity index (χ0) is 13.5. The Morgan fingerprint density at radius 2 is 1.65 bits per heavy atom. The van der Waals surface area contributed by atoms with Crippen LogP contribution in [0.25, 0.3) is 0 Å². The molecule has 1 unspecified atom stereocenters. The van der Waals surface area contributed by atoms with Crippen LogP contribution in [0.2, 0.25) is 0 Å². The van der Waals surface area contributed by atoms with E-state index in [-0.39, 0.29) is 11.8 Å². The van der Waals surface area contributed by atoms with Crippen LogP contribution in [-0.4, -0.2) is 22.5 Å². The van der Waals surface area contributed by atoms with Crippen molar-refractivity contribution in [3.8, 4) is 0 Å². The Morgan fingerprint density at radius 3 is 1.94 bits per heavy atom. The van der Waals surface area contributed by atoms with E-state index in [1.165, 1.54) is 0 Å². The summed E-state index contributed by atoms with van der Waals surface area (Å²) in [5.74, 6) is -1.16. The number of hydrogen-bond acceptors (Lipinski definition) is 2. The number of rotatable bonds is 8. The van der Waals surface area contributed by atoms with Crippen molar-refractivity contribution >= 4 is 11.9 Å². The van der Waals surface area contributed by atoms with Gasteiger partial charge < -0.3 is 10.4 Å². The summed E-state index contributed by atoms with van der Waals surface area (Å²) in [7, 11) is 0. The van der Waals surface area contributed by atoms with Gasteiger partial charge in [-0.15, -0.1) is 0 Å². The molecule has 17 heavy (non-hydrogen) atoms. The topological polar surface area (TPSA) is 66.4 Å². The van der Waals surface area contributed by atoms with Crippen LogP contribution in [0, 0.1) is 5.92 Å². The lowest BCUT2D eigenvalue weighted by atomic mass is 9.93. The summed E-state index contributed by atoms with van der Waals surface area (Å²) in [5, 5.41) is 11.8. The maximum Gasteiger partial charge on any atom is 0.329 e. The van der Waals surface area contributed by atoms with E-state index in [0.29, 0.717) is 6.42 Å². The number of hydrogen-bond donors (Lipinski definition) is 2. The van der Waals surface area contributed by atoms with Gasteiger partial charge >= 0.3 is 5.97 Å². The van der Waals surface area contributed by atoms with Crippen LogP contribution in [0.4, 0.5) is 0 Å². The first-order chi connectivity index (χ1) is 7.91. The van der Waals surface area contributed by atoms with Crippen molar-refractivity contribution in [3.05, 3.63) is 0 Å². The van der Waals surface area contributed by atoms with Gasteiger partial charge in [-0.05, 0) is 26.2 Å². The molecule has 0 aromatic rings. The van der Waals surface area contributed by atoms with Gasteiger partial charge in [0.05, 0.1) is 0 Å². The molecule has 0 aromatic carbocycles. The molecule has 0 aliphatic carbocycles. The molecule has 0 saturated carbocycles. The molecule has 0 aromatic heterocycles. The standard InChI is InChI=1S/C13H25NO3/c1-5-8-10(9-6-2)11(15)14-13(4,7-3)12(16)17/h10H,5-9H2,1-4H3,(H,14,15)(H,16,17). The van der Waals surface area contributed by atoms with Crippen LogP contribution in [0.1, 0.15) is 59.8 Å². The molecule has 0 bridgehead atoms. The van der Waals surface area contributed by atoms with Crippen LogP contribution in [0.5, 0.6) is 0 Å². The first-order valence-electron chi connectivity index (χ1n) is 6.46. The zero-order valence-corrected chi connectivity index (χ0v) is 11.4. The summed E-state index contributed by atoms with van der Waals surface area (Å²) in [4.78, 5) is 23.1. The molecule has 100 valence electrons. The van der Waals surface area contributed by atoms with Crippen LogP contribution in [0.15, 0.2) is 0 Å². The molecule has 0 aliphatic heterocycles. The highest BCUT2D eigenvalue weighted by molar-refractivity contribution is 5.87. The molecule has 0 radical (unpaired) electrons. The fraction of sp³-hybridized carbons (Fsp3) is 0.846. The number of carbonyl (C=O) groups is 2. The van der Waals surface area contributed by atoms with E-state index in [2.05, 4.69) is 5.32 Å². The second kappa shape index (κ2) is 7.30. The molecule has 0 heterocycles. The summed E-state index contributed by atoms with van der Waals surface area (Å²) in [6.07, 6.45) is 3.90. The number of amides is 1. The van der Waals surface area contributed by atoms with Gasteiger partial charge in [-0.2, -0.15) is 0 Å². The lowest BCUT2D eigenvalue weighted by molar-refractivity contribution is -0.147. The second-order valence-electron chi connectivity index (χ2n) is 4.75. The molecule has 0 fully saturated rings. The molecule has 4 heteroatoms. The number of carboxylic acid groups (broad SMARTS) is 1. The summed E-state index contributed by atoms with van der Waals surface area (Å²) in [6.45, 7) is 7.39. The van der Waals surface area contributed by atoms with Crippen LogP contribution in [0.3, 0.4) is 0 Å². The van der Waals surface area contributed by atoms with Crippen LogP contribution < -0.4 is 5.32 Å². The highest BCUT2D eigenvalue weighted by Crippen LogP contribution is 2.17. The molecular weight excluding hydrogens is 218 g/mol. The predicted molar refractivity (Wildman–Crippen MR) is 67.8 cm³/mol. The van der Waals surface area contributed by atoms with Crippen molar-refractivity contribution in [2.24, 2.45) is 5.92 Å². The van der Waals surface area contributed by atoms with Gasteiger partial charge in [-0.25, -0.2) is 4.79 Å². The highest BCUT2D eigenvalue weighted by Gasteiger charge is 2.34. The van der Waals surface area contributed by atoms with Gasteiger partial charge in [0, 0.05) is 5.92 Å². The van der Waals surface area contributed by atoms with Crippen molar-refractivity contribution in [2.45, 2.75) is 65.3 Å². The van der Waals surface area contributed by atoms with Crippen molar-refractivity contribution in [1.82, 2.24) is 5.32 Å². The summed E-state index contributed by atoms with van der Waals surface area (Å²) < 4.78 is 0. The Kier molecular flexibility index (Phi) is 6.85. The van der Waals surface area contributed by atoms with Gasteiger partial charge in [0.15, 0.2) is 0 Å². The van der Waals surface area contributed by atoms with E-state index in [9.17, 15) is 9.59 Å². The van der Waals surface area contributed by atoms with E-state index >= 15 is 0 Å². The Hall–Kier alpha value is -1.06. The first-order valence-corrected chi connectivity index (χ1v) is 6.46. The van der Waals surface area contributed by atoms with E-state index in [1.54, 1.807) is 13.8 Å². The van der Waals surface area contributed by atoms with Crippen LogP contribution in [-0.2, 0) is 9.59 Å². The van der Waals surface area contributed by atoms with Crippen molar-refractivity contribution in [3.63, 3.8) is 0 Å². The predicted octanol–water partition coefficient (Wildman–Crippen LogP) is 2.57. The Bertz CT molecular complexity index is 259. The van der Waals surface area contributed by atoms with Gasteiger partial charge in [0.25, 0.3) is 0 Å². The number of carbonyl (C=O) groups excluding carboxylic acids is 1. The zero-order valence-electron chi connectivity index (χ0n) is 11.4. The van der Waals surface area contributed by atoms with Gasteiger partial charge in [0.1, 0.15) is 5.54 Å². The fourth-order valence-corrected chi connectivity index (χ4v) is 1.77. The molecule has 1 amide bonds. The van der Waals surface area contributed by atoms with Crippen molar-refractivity contribution in [1.29, 1.82) is 0 Å². The molecule has 2 N–H and O–H groups in total. The monoisotopic (exact) mass is 243 g/mol. The summed E-state index contributed by atoms with van der Waals surface area (Å²) in [6, 6.07) is 0. The first kappa shape index (κ1) is 15.9. The van der Waals surface area contributed by atoms with Gasteiger partial charge in [0.2, 0.25) is 5.91 Å².